The maximum absolute atomic E-state index is 13.1. The molecule has 1 fully saturated rings. The van der Waals surface area contributed by atoms with Crippen molar-refractivity contribution < 1.29 is 4.79 Å². The summed E-state index contributed by atoms with van der Waals surface area (Å²) in [5.41, 5.74) is 4.23. The molecule has 140 valence electrons. The third-order valence-electron chi connectivity index (χ3n) is 5.08. The summed E-state index contributed by atoms with van der Waals surface area (Å²) in [6, 6.07) is 8.70. The second-order valence-corrected chi connectivity index (χ2v) is 9.52. The van der Waals surface area contributed by atoms with E-state index in [0.29, 0.717) is 6.04 Å². The van der Waals surface area contributed by atoms with Gasteiger partial charge in [-0.3, -0.25) is 9.36 Å². The number of nitrogens with zero attached hydrogens (tertiary/aromatic N) is 3. The van der Waals surface area contributed by atoms with E-state index in [2.05, 4.69) is 46.1 Å². The van der Waals surface area contributed by atoms with Crippen molar-refractivity contribution in [3.8, 4) is 10.7 Å². The number of rotatable bonds is 6. The van der Waals surface area contributed by atoms with Gasteiger partial charge in [-0.1, -0.05) is 23.9 Å². The van der Waals surface area contributed by atoms with Crippen LogP contribution in [0.2, 0.25) is 0 Å². The number of ketones is 1. The van der Waals surface area contributed by atoms with Crippen LogP contribution in [-0.2, 0) is 0 Å². The summed E-state index contributed by atoms with van der Waals surface area (Å²) in [7, 11) is 0. The van der Waals surface area contributed by atoms with Crippen LogP contribution in [0, 0.1) is 20.8 Å². The summed E-state index contributed by atoms with van der Waals surface area (Å²) in [6.45, 7) is 8.12. The Morgan fingerprint density at radius 1 is 1.19 bits per heavy atom. The number of aryl methyl sites for hydroxylation is 3. The van der Waals surface area contributed by atoms with Gasteiger partial charge in [0.15, 0.2) is 16.8 Å². The highest BCUT2D eigenvalue weighted by molar-refractivity contribution is 8.00. The first-order valence-corrected chi connectivity index (χ1v) is 11.0. The maximum Gasteiger partial charge on any atom is 0.192 e. The van der Waals surface area contributed by atoms with Crippen LogP contribution in [0.25, 0.3) is 10.7 Å². The Kier molecular flexibility index (Phi) is 4.95. The number of hydrogen-bond acceptors (Lipinski definition) is 5. The predicted molar refractivity (Wildman–Crippen MR) is 112 cm³/mol. The van der Waals surface area contributed by atoms with Gasteiger partial charge in [0.2, 0.25) is 0 Å². The van der Waals surface area contributed by atoms with Crippen LogP contribution >= 0.6 is 23.1 Å². The Bertz CT molecular complexity index is 987. The van der Waals surface area contributed by atoms with Crippen molar-refractivity contribution in [2.24, 2.45) is 0 Å². The smallest absolute Gasteiger partial charge is 0.192 e. The molecule has 0 N–H and O–H groups in total. The van der Waals surface area contributed by atoms with Gasteiger partial charge in [-0.25, -0.2) is 0 Å². The third kappa shape index (κ3) is 3.60. The predicted octanol–water partition coefficient (Wildman–Crippen LogP) is 5.63. The van der Waals surface area contributed by atoms with Crippen LogP contribution in [0.5, 0.6) is 0 Å². The standard InChI is InChI=1S/C21H23N3OS2/c1-12-10-14(3)17(11-13(12)2)19(25)15(4)27-21-23-22-20(18-6-5-9-26-18)24(21)16-7-8-16/h5-6,9-11,15-16H,7-8H2,1-4H3/t15-/m0/s1. The number of hydrogen-bond donors (Lipinski definition) is 0. The summed E-state index contributed by atoms with van der Waals surface area (Å²) < 4.78 is 2.23. The molecule has 4 rings (SSSR count). The first kappa shape index (κ1) is 18.4. The lowest BCUT2D eigenvalue weighted by atomic mass is 9.97. The van der Waals surface area contributed by atoms with E-state index in [1.54, 1.807) is 11.3 Å². The minimum absolute atomic E-state index is 0.156. The van der Waals surface area contributed by atoms with E-state index < -0.39 is 0 Å². The Hall–Kier alpha value is -1.92. The molecule has 3 aromatic rings. The van der Waals surface area contributed by atoms with Gasteiger partial charge in [0.1, 0.15) is 0 Å². The lowest BCUT2D eigenvalue weighted by molar-refractivity contribution is 0.0993. The molecular formula is C21H23N3OS2. The average molecular weight is 398 g/mol. The highest BCUT2D eigenvalue weighted by Gasteiger charge is 2.32. The van der Waals surface area contributed by atoms with E-state index in [9.17, 15) is 4.79 Å². The van der Waals surface area contributed by atoms with Gasteiger partial charge >= 0.3 is 0 Å². The van der Waals surface area contributed by atoms with Crippen molar-refractivity contribution in [2.75, 3.05) is 0 Å². The molecule has 0 amide bonds. The lowest BCUT2D eigenvalue weighted by Crippen LogP contribution is -2.16. The number of thioether (sulfide) groups is 1. The number of benzene rings is 1. The highest BCUT2D eigenvalue weighted by Crippen LogP contribution is 2.42. The first-order valence-electron chi connectivity index (χ1n) is 9.23. The minimum Gasteiger partial charge on any atom is -0.298 e. The molecule has 27 heavy (non-hydrogen) atoms. The number of carbonyl (C=O) groups excluding carboxylic acids is 1. The average Bonchev–Trinajstić information content (AvgIpc) is 3.16. The number of aromatic nitrogens is 3. The van der Waals surface area contributed by atoms with Crippen molar-refractivity contribution in [3.05, 3.63) is 51.9 Å². The van der Waals surface area contributed by atoms with Gasteiger partial charge < -0.3 is 0 Å². The van der Waals surface area contributed by atoms with Gasteiger partial charge in [0.05, 0.1) is 10.1 Å². The molecule has 0 bridgehead atoms. The van der Waals surface area contributed by atoms with Crippen molar-refractivity contribution >= 4 is 28.9 Å². The molecule has 0 spiro atoms. The minimum atomic E-state index is -0.205. The molecule has 1 aliphatic carbocycles. The molecule has 1 atom stereocenters. The zero-order chi connectivity index (χ0) is 19.1. The monoisotopic (exact) mass is 397 g/mol. The largest absolute Gasteiger partial charge is 0.298 e. The fourth-order valence-corrected chi connectivity index (χ4v) is 4.94. The molecule has 0 radical (unpaired) electrons. The molecule has 4 nitrogen and oxygen atoms in total. The van der Waals surface area contributed by atoms with Gasteiger partial charge in [-0.05, 0) is 74.7 Å². The van der Waals surface area contributed by atoms with Gasteiger partial charge in [0.25, 0.3) is 0 Å². The zero-order valence-corrected chi connectivity index (χ0v) is 17.7. The highest BCUT2D eigenvalue weighted by atomic mass is 32.2. The summed E-state index contributed by atoms with van der Waals surface area (Å²) in [5, 5.41) is 11.6. The molecule has 2 aromatic heterocycles. The van der Waals surface area contributed by atoms with Crippen LogP contribution in [0.3, 0.4) is 0 Å². The molecule has 1 aliphatic rings. The first-order chi connectivity index (χ1) is 13.0. The molecule has 0 aliphatic heterocycles. The van der Waals surface area contributed by atoms with Crippen molar-refractivity contribution in [2.45, 2.75) is 57.0 Å². The molecule has 1 aromatic carbocycles. The molecule has 2 heterocycles. The van der Waals surface area contributed by atoms with E-state index in [1.807, 2.05) is 26.0 Å². The molecule has 0 unspecified atom stereocenters. The van der Waals surface area contributed by atoms with Crippen molar-refractivity contribution in [3.63, 3.8) is 0 Å². The van der Waals surface area contributed by atoms with Gasteiger partial charge in [-0.15, -0.1) is 21.5 Å². The SMILES string of the molecule is Cc1cc(C)c(C(=O)[C@H](C)Sc2nnc(-c3cccs3)n2C2CC2)cc1C. The number of carbonyl (C=O) groups is 1. The number of thiophene rings is 1. The zero-order valence-electron chi connectivity index (χ0n) is 16.0. The molecule has 0 saturated heterocycles. The van der Waals surface area contributed by atoms with Crippen molar-refractivity contribution in [1.82, 2.24) is 14.8 Å². The topological polar surface area (TPSA) is 47.8 Å². The van der Waals surface area contributed by atoms with Crippen LogP contribution < -0.4 is 0 Å². The summed E-state index contributed by atoms with van der Waals surface area (Å²) in [4.78, 5) is 14.2. The van der Waals surface area contributed by atoms with Crippen LogP contribution in [-0.4, -0.2) is 25.8 Å². The van der Waals surface area contributed by atoms with E-state index >= 15 is 0 Å². The number of Topliss-reactive ketones (excluding diaryl/α,β-unsaturated/α-hetero) is 1. The third-order valence-corrected chi connectivity index (χ3v) is 7.00. The second kappa shape index (κ2) is 7.24. The maximum atomic E-state index is 13.1. The van der Waals surface area contributed by atoms with E-state index in [1.165, 1.54) is 17.3 Å². The second-order valence-electron chi connectivity index (χ2n) is 7.26. The van der Waals surface area contributed by atoms with Crippen LogP contribution in [0.4, 0.5) is 0 Å². The quantitative estimate of drug-likeness (QED) is 0.399. The van der Waals surface area contributed by atoms with E-state index in [4.69, 9.17) is 0 Å². The Morgan fingerprint density at radius 2 is 1.93 bits per heavy atom. The van der Waals surface area contributed by atoms with Crippen LogP contribution in [0.1, 0.15) is 52.9 Å². The fraction of sp³-hybridized carbons (Fsp3) is 0.381. The fourth-order valence-electron chi connectivity index (χ4n) is 3.25. The molecular weight excluding hydrogens is 374 g/mol. The Morgan fingerprint density at radius 3 is 2.59 bits per heavy atom. The Labute approximate surface area is 168 Å². The van der Waals surface area contributed by atoms with Gasteiger partial charge in [-0.2, -0.15) is 0 Å². The normalized spacial score (nSPS) is 15.1. The summed E-state index contributed by atoms with van der Waals surface area (Å²) >= 11 is 3.20. The van der Waals surface area contributed by atoms with E-state index in [-0.39, 0.29) is 11.0 Å². The summed E-state index contributed by atoms with van der Waals surface area (Å²) in [6.07, 6.45) is 2.31. The molecule has 1 saturated carbocycles. The van der Waals surface area contributed by atoms with Crippen LogP contribution in [0.15, 0.2) is 34.8 Å². The Balaban J connectivity index is 1.61. The summed E-state index contributed by atoms with van der Waals surface area (Å²) in [5.74, 6) is 1.08. The molecule has 6 heteroatoms. The van der Waals surface area contributed by atoms with Crippen molar-refractivity contribution in [1.29, 1.82) is 0 Å². The van der Waals surface area contributed by atoms with Gasteiger partial charge in [0, 0.05) is 11.6 Å². The van der Waals surface area contributed by atoms with E-state index in [0.717, 1.165) is 45.4 Å². The lowest BCUT2D eigenvalue weighted by Gasteiger charge is -2.14.